The Morgan fingerprint density at radius 2 is 1.86 bits per heavy atom. The molecule has 6 heteroatoms. The van der Waals surface area contributed by atoms with Crippen molar-refractivity contribution in [2.24, 2.45) is 0 Å². The molecule has 1 aromatic heterocycles. The van der Waals surface area contributed by atoms with Crippen LogP contribution in [0.4, 0.5) is 0 Å². The molecule has 0 aliphatic carbocycles. The quantitative estimate of drug-likeness (QED) is 0.705. The molecule has 28 heavy (non-hydrogen) atoms. The summed E-state index contributed by atoms with van der Waals surface area (Å²) in [5.74, 6) is 0.897. The Morgan fingerprint density at radius 1 is 1.04 bits per heavy atom. The molecule has 1 amide bonds. The van der Waals surface area contributed by atoms with E-state index in [4.69, 9.17) is 13.9 Å². The van der Waals surface area contributed by atoms with Crippen molar-refractivity contribution < 1.29 is 18.7 Å². The van der Waals surface area contributed by atoms with Gasteiger partial charge in [-0.2, -0.15) is 0 Å². The van der Waals surface area contributed by atoms with E-state index in [0.717, 1.165) is 12.0 Å². The van der Waals surface area contributed by atoms with E-state index in [1.165, 1.54) is 0 Å². The summed E-state index contributed by atoms with van der Waals surface area (Å²) in [5, 5.41) is 3.31. The molecule has 6 nitrogen and oxygen atoms in total. The molecule has 1 aliphatic rings. The third-order valence-corrected chi connectivity index (χ3v) is 4.67. The van der Waals surface area contributed by atoms with Crippen molar-refractivity contribution >= 4 is 16.9 Å². The molecule has 0 fully saturated rings. The van der Waals surface area contributed by atoms with Crippen molar-refractivity contribution in [1.29, 1.82) is 0 Å². The molecule has 2 heterocycles. The smallest absolute Gasteiger partial charge is 0.288 e. The number of fused-ring (bicyclic) bond motifs is 2. The van der Waals surface area contributed by atoms with Crippen LogP contribution in [0.1, 0.15) is 48.0 Å². The predicted molar refractivity (Wildman–Crippen MR) is 105 cm³/mol. The number of amides is 1. The molecular weight excluding hydrogens is 358 g/mol. The van der Waals surface area contributed by atoms with Gasteiger partial charge >= 0.3 is 0 Å². The number of hydrogen-bond acceptors (Lipinski definition) is 5. The standard InChI is InChI=1S/C22H21NO5/c1-3-11-27-16-10-9-13(12-17(16)26-4-2)19-18-20(24)14-7-5-6-8-15(14)28-21(18)22(25)23-19/h5-10,12,19H,3-4,11H2,1-2H3,(H,23,25). The van der Waals surface area contributed by atoms with Gasteiger partial charge in [0.15, 0.2) is 16.9 Å². The highest BCUT2D eigenvalue weighted by molar-refractivity contribution is 5.98. The second-order valence-corrected chi connectivity index (χ2v) is 6.56. The molecule has 0 saturated heterocycles. The summed E-state index contributed by atoms with van der Waals surface area (Å²) < 4.78 is 17.2. The molecule has 3 aromatic rings. The molecule has 0 radical (unpaired) electrons. The highest BCUT2D eigenvalue weighted by Crippen LogP contribution is 2.36. The molecule has 144 valence electrons. The van der Waals surface area contributed by atoms with Gasteiger partial charge in [-0.25, -0.2) is 0 Å². The highest BCUT2D eigenvalue weighted by Gasteiger charge is 2.36. The van der Waals surface area contributed by atoms with Gasteiger partial charge in [-0.15, -0.1) is 0 Å². The number of para-hydroxylation sites is 1. The first kappa shape index (κ1) is 18.1. The van der Waals surface area contributed by atoms with Crippen molar-refractivity contribution in [1.82, 2.24) is 5.32 Å². The minimum Gasteiger partial charge on any atom is -0.490 e. The number of nitrogens with one attached hydrogen (secondary N) is 1. The van der Waals surface area contributed by atoms with E-state index in [0.29, 0.717) is 41.2 Å². The van der Waals surface area contributed by atoms with Crippen molar-refractivity contribution in [3.8, 4) is 11.5 Å². The fourth-order valence-electron chi connectivity index (χ4n) is 3.41. The summed E-state index contributed by atoms with van der Waals surface area (Å²) in [6, 6.07) is 11.8. The lowest BCUT2D eigenvalue weighted by Gasteiger charge is -2.16. The van der Waals surface area contributed by atoms with Gasteiger partial charge in [-0.3, -0.25) is 9.59 Å². The van der Waals surface area contributed by atoms with Crippen molar-refractivity contribution in [2.75, 3.05) is 13.2 Å². The summed E-state index contributed by atoms with van der Waals surface area (Å²) >= 11 is 0. The largest absolute Gasteiger partial charge is 0.490 e. The molecule has 1 atom stereocenters. The van der Waals surface area contributed by atoms with E-state index in [2.05, 4.69) is 5.32 Å². The number of hydrogen-bond donors (Lipinski definition) is 1. The van der Waals surface area contributed by atoms with E-state index in [9.17, 15) is 9.59 Å². The van der Waals surface area contributed by atoms with Crippen LogP contribution in [0.5, 0.6) is 11.5 Å². The van der Waals surface area contributed by atoms with Crippen LogP contribution in [0, 0.1) is 0 Å². The van der Waals surface area contributed by atoms with Gasteiger partial charge in [0, 0.05) is 0 Å². The number of rotatable bonds is 6. The van der Waals surface area contributed by atoms with Crippen LogP contribution in [0.3, 0.4) is 0 Å². The van der Waals surface area contributed by atoms with Gasteiger partial charge < -0.3 is 19.2 Å². The van der Waals surface area contributed by atoms with Gasteiger partial charge in [0.2, 0.25) is 5.76 Å². The summed E-state index contributed by atoms with van der Waals surface area (Å²) in [5.41, 5.74) is 1.26. The third-order valence-electron chi connectivity index (χ3n) is 4.67. The van der Waals surface area contributed by atoms with Crippen molar-refractivity contribution in [3.63, 3.8) is 0 Å². The second kappa shape index (κ2) is 7.38. The van der Waals surface area contributed by atoms with Crippen LogP contribution in [0.2, 0.25) is 0 Å². The SMILES string of the molecule is CCCOc1ccc(C2NC(=O)c3oc4ccccc4c(=O)c32)cc1OCC. The lowest BCUT2D eigenvalue weighted by molar-refractivity contribution is 0.0938. The molecular formula is C22H21NO5. The normalized spacial score (nSPS) is 15.4. The Hall–Kier alpha value is -3.28. The molecule has 1 aliphatic heterocycles. The highest BCUT2D eigenvalue weighted by atomic mass is 16.5. The second-order valence-electron chi connectivity index (χ2n) is 6.56. The molecule has 2 aromatic carbocycles. The Bertz CT molecular complexity index is 1100. The number of carbonyl (C=O) groups is 1. The Morgan fingerprint density at radius 3 is 2.64 bits per heavy atom. The zero-order valence-electron chi connectivity index (χ0n) is 15.8. The minimum absolute atomic E-state index is 0.0676. The summed E-state index contributed by atoms with van der Waals surface area (Å²) in [7, 11) is 0. The fourth-order valence-corrected chi connectivity index (χ4v) is 3.41. The molecule has 1 unspecified atom stereocenters. The van der Waals surface area contributed by atoms with E-state index in [-0.39, 0.29) is 11.2 Å². The fraction of sp³-hybridized carbons (Fsp3) is 0.273. The number of ether oxygens (including phenoxy) is 2. The van der Waals surface area contributed by atoms with Crippen LogP contribution in [-0.4, -0.2) is 19.1 Å². The van der Waals surface area contributed by atoms with Crippen LogP contribution in [-0.2, 0) is 0 Å². The Kier molecular flexibility index (Phi) is 4.77. The molecule has 1 N–H and O–H groups in total. The van der Waals surface area contributed by atoms with Crippen LogP contribution in [0.25, 0.3) is 11.0 Å². The van der Waals surface area contributed by atoms with Gasteiger partial charge in [-0.1, -0.05) is 25.1 Å². The molecule has 4 rings (SSSR count). The Labute approximate surface area is 162 Å². The van der Waals surface area contributed by atoms with E-state index >= 15 is 0 Å². The molecule has 0 bridgehead atoms. The zero-order chi connectivity index (χ0) is 19.7. The van der Waals surface area contributed by atoms with E-state index < -0.39 is 11.9 Å². The molecule has 0 saturated carbocycles. The lowest BCUT2D eigenvalue weighted by Crippen LogP contribution is -2.22. The zero-order valence-corrected chi connectivity index (χ0v) is 15.8. The van der Waals surface area contributed by atoms with Gasteiger partial charge in [0.25, 0.3) is 5.91 Å². The van der Waals surface area contributed by atoms with Gasteiger partial charge in [-0.05, 0) is 43.2 Å². The molecule has 0 spiro atoms. The first-order valence-electron chi connectivity index (χ1n) is 9.40. The van der Waals surface area contributed by atoms with E-state index in [1.54, 1.807) is 24.3 Å². The maximum atomic E-state index is 13.1. The summed E-state index contributed by atoms with van der Waals surface area (Å²) in [6.45, 7) is 4.98. The average Bonchev–Trinajstić information content (AvgIpc) is 3.04. The maximum absolute atomic E-state index is 13.1. The first-order valence-corrected chi connectivity index (χ1v) is 9.40. The predicted octanol–water partition coefficient (Wildman–Crippen LogP) is 3.81. The van der Waals surface area contributed by atoms with E-state index in [1.807, 2.05) is 32.0 Å². The van der Waals surface area contributed by atoms with Crippen molar-refractivity contribution in [3.05, 3.63) is 69.6 Å². The average molecular weight is 379 g/mol. The Balaban J connectivity index is 1.82. The van der Waals surface area contributed by atoms with Crippen molar-refractivity contribution in [2.45, 2.75) is 26.3 Å². The topological polar surface area (TPSA) is 77.8 Å². The first-order chi connectivity index (χ1) is 13.6. The van der Waals surface area contributed by atoms with Crippen LogP contribution in [0.15, 0.2) is 51.7 Å². The van der Waals surface area contributed by atoms with Crippen LogP contribution >= 0.6 is 0 Å². The lowest BCUT2D eigenvalue weighted by atomic mass is 9.99. The number of benzene rings is 2. The van der Waals surface area contributed by atoms with Crippen LogP contribution < -0.4 is 20.2 Å². The summed E-state index contributed by atoms with van der Waals surface area (Å²) in [6.07, 6.45) is 0.882. The third kappa shape index (κ3) is 3.01. The van der Waals surface area contributed by atoms with Gasteiger partial charge in [0.1, 0.15) is 5.58 Å². The maximum Gasteiger partial charge on any atom is 0.288 e. The minimum atomic E-state index is -0.595. The van der Waals surface area contributed by atoms with Gasteiger partial charge in [0.05, 0.1) is 30.2 Å². The number of carbonyl (C=O) groups excluding carboxylic acids is 1. The monoisotopic (exact) mass is 379 g/mol. The summed E-state index contributed by atoms with van der Waals surface area (Å²) in [4.78, 5) is 25.5.